The summed E-state index contributed by atoms with van der Waals surface area (Å²) in [5.41, 5.74) is 0.352. The lowest BCUT2D eigenvalue weighted by atomic mass is 10.2. The molecule has 0 saturated carbocycles. The Morgan fingerprint density at radius 3 is 2.62 bits per heavy atom. The Bertz CT molecular complexity index is 696. The largest absolute Gasteiger partial charge is 0.325 e. The van der Waals surface area contributed by atoms with Gasteiger partial charge >= 0.3 is 0 Å². The highest BCUT2D eigenvalue weighted by atomic mass is 35.5. The molecule has 0 fully saturated rings. The van der Waals surface area contributed by atoms with Gasteiger partial charge in [0.25, 0.3) is 5.56 Å². The zero-order valence-corrected chi connectivity index (χ0v) is 12.6. The molecular formula is C15H16ClN3O2. The number of hydrogen-bond acceptors (Lipinski definition) is 3. The van der Waals surface area contributed by atoms with Gasteiger partial charge in [-0.1, -0.05) is 43.6 Å². The lowest BCUT2D eigenvalue weighted by Crippen LogP contribution is -2.31. The highest BCUT2D eigenvalue weighted by Gasteiger charge is 2.14. The number of carbonyl (C=O) groups excluding carboxylic acids is 1. The van der Waals surface area contributed by atoms with Crippen LogP contribution in [0.2, 0.25) is 5.15 Å². The summed E-state index contributed by atoms with van der Waals surface area (Å²) in [6, 6.07) is 10.3. The van der Waals surface area contributed by atoms with Gasteiger partial charge in [-0.2, -0.15) is 0 Å². The molecule has 110 valence electrons. The van der Waals surface area contributed by atoms with Crippen LogP contribution in [-0.4, -0.2) is 15.5 Å². The fraction of sp³-hybridized carbons (Fsp3) is 0.267. The fourth-order valence-electron chi connectivity index (χ4n) is 1.96. The van der Waals surface area contributed by atoms with E-state index in [0.717, 1.165) is 0 Å². The monoisotopic (exact) mass is 305 g/mol. The standard InChI is InChI=1S/C15H16ClN3O2/c1-10(2)15-18-12(16)8-14(21)19(15)9-13(20)17-11-6-4-3-5-7-11/h3-8,10H,9H2,1-2H3,(H,17,20). The van der Waals surface area contributed by atoms with Crippen molar-refractivity contribution in [2.45, 2.75) is 26.3 Å². The number of carbonyl (C=O) groups is 1. The minimum absolute atomic E-state index is 0.0130. The van der Waals surface area contributed by atoms with Crippen molar-refractivity contribution in [2.75, 3.05) is 5.32 Å². The topological polar surface area (TPSA) is 64.0 Å². The minimum atomic E-state index is -0.332. The summed E-state index contributed by atoms with van der Waals surface area (Å²) in [5, 5.41) is 2.88. The van der Waals surface area contributed by atoms with Crippen molar-refractivity contribution in [1.29, 1.82) is 0 Å². The van der Waals surface area contributed by atoms with Crippen LogP contribution in [0.5, 0.6) is 0 Å². The van der Waals surface area contributed by atoms with Gasteiger partial charge in [-0.3, -0.25) is 14.2 Å². The van der Waals surface area contributed by atoms with Crippen molar-refractivity contribution >= 4 is 23.2 Å². The summed E-state index contributed by atoms with van der Waals surface area (Å²) in [6.45, 7) is 3.69. The quantitative estimate of drug-likeness (QED) is 0.883. The summed E-state index contributed by atoms with van der Waals surface area (Å²) >= 11 is 5.81. The van der Waals surface area contributed by atoms with Gasteiger partial charge in [-0.15, -0.1) is 0 Å². The summed E-state index contributed by atoms with van der Waals surface area (Å²) in [4.78, 5) is 28.2. The highest BCUT2D eigenvalue weighted by molar-refractivity contribution is 6.29. The van der Waals surface area contributed by atoms with E-state index in [1.807, 2.05) is 32.0 Å². The molecule has 0 unspecified atom stereocenters. The first-order chi connectivity index (χ1) is 9.97. The van der Waals surface area contributed by atoms with Crippen molar-refractivity contribution in [3.05, 3.63) is 57.7 Å². The smallest absolute Gasteiger partial charge is 0.255 e. The molecule has 1 heterocycles. The van der Waals surface area contributed by atoms with E-state index in [4.69, 9.17) is 11.6 Å². The molecule has 1 aromatic heterocycles. The van der Waals surface area contributed by atoms with Crippen LogP contribution in [0.1, 0.15) is 25.6 Å². The molecule has 0 atom stereocenters. The zero-order chi connectivity index (χ0) is 15.4. The summed E-state index contributed by atoms with van der Waals surface area (Å²) < 4.78 is 1.34. The molecule has 0 aliphatic heterocycles. The first-order valence-electron chi connectivity index (χ1n) is 6.59. The van der Waals surface area contributed by atoms with E-state index in [1.54, 1.807) is 12.1 Å². The van der Waals surface area contributed by atoms with Crippen LogP contribution in [-0.2, 0) is 11.3 Å². The van der Waals surface area contributed by atoms with Crippen LogP contribution in [0.3, 0.4) is 0 Å². The van der Waals surface area contributed by atoms with E-state index < -0.39 is 0 Å². The molecule has 0 aliphatic carbocycles. The molecule has 6 heteroatoms. The molecule has 0 bridgehead atoms. The second kappa shape index (κ2) is 6.54. The average molecular weight is 306 g/mol. The Morgan fingerprint density at radius 2 is 2.00 bits per heavy atom. The molecule has 1 aromatic carbocycles. The minimum Gasteiger partial charge on any atom is -0.325 e. The lowest BCUT2D eigenvalue weighted by molar-refractivity contribution is -0.116. The van der Waals surface area contributed by atoms with Crippen LogP contribution in [0.25, 0.3) is 0 Å². The molecule has 21 heavy (non-hydrogen) atoms. The Labute approximate surface area is 127 Å². The highest BCUT2D eigenvalue weighted by Crippen LogP contribution is 2.13. The van der Waals surface area contributed by atoms with Gasteiger partial charge in [0.15, 0.2) is 0 Å². The summed E-state index contributed by atoms with van der Waals surface area (Å²) in [5.74, 6) is 0.200. The Balaban J connectivity index is 2.23. The average Bonchev–Trinajstić information content (AvgIpc) is 2.42. The Morgan fingerprint density at radius 1 is 1.33 bits per heavy atom. The maximum absolute atomic E-state index is 12.1. The number of benzene rings is 1. The third-order valence-electron chi connectivity index (χ3n) is 2.88. The predicted octanol–water partition coefficient (Wildman–Crippen LogP) is 2.66. The number of nitrogens with one attached hydrogen (secondary N) is 1. The van der Waals surface area contributed by atoms with Gasteiger partial charge < -0.3 is 5.32 Å². The molecule has 5 nitrogen and oxygen atoms in total. The van der Waals surface area contributed by atoms with E-state index in [0.29, 0.717) is 11.5 Å². The van der Waals surface area contributed by atoms with E-state index in [-0.39, 0.29) is 29.1 Å². The third-order valence-corrected chi connectivity index (χ3v) is 3.08. The second-order valence-corrected chi connectivity index (χ2v) is 5.32. The third kappa shape index (κ3) is 3.92. The number of halogens is 1. The Hall–Kier alpha value is -2.14. The molecule has 0 radical (unpaired) electrons. The zero-order valence-electron chi connectivity index (χ0n) is 11.8. The van der Waals surface area contributed by atoms with Gasteiger partial charge in [0.05, 0.1) is 0 Å². The van der Waals surface area contributed by atoms with Crippen molar-refractivity contribution < 1.29 is 4.79 Å². The van der Waals surface area contributed by atoms with Gasteiger partial charge in [0.1, 0.15) is 17.5 Å². The number of hydrogen-bond donors (Lipinski definition) is 1. The molecule has 0 aliphatic rings. The van der Waals surface area contributed by atoms with Crippen LogP contribution in [0, 0.1) is 0 Å². The lowest BCUT2D eigenvalue weighted by Gasteiger charge is -2.14. The van der Waals surface area contributed by atoms with Gasteiger partial charge in [-0.05, 0) is 12.1 Å². The van der Waals surface area contributed by atoms with Crippen LogP contribution < -0.4 is 10.9 Å². The fourth-order valence-corrected chi connectivity index (χ4v) is 2.14. The van der Waals surface area contributed by atoms with Crippen LogP contribution in [0.4, 0.5) is 5.69 Å². The molecule has 2 rings (SSSR count). The van der Waals surface area contributed by atoms with E-state index in [2.05, 4.69) is 10.3 Å². The molecule has 1 amide bonds. The molecule has 2 aromatic rings. The predicted molar refractivity (Wildman–Crippen MR) is 82.7 cm³/mol. The van der Waals surface area contributed by atoms with E-state index >= 15 is 0 Å². The summed E-state index contributed by atoms with van der Waals surface area (Å²) in [6.07, 6.45) is 0. The van der Waals surface area contributed by atoms with Crippen molar-refractivity contribution in [2.24, 2.45) is 0 Å². The van der Waals surface area contributed by atoms with E-state index in [1.165, 1.54) is 10.6 Å². The molecular weight excluding hydrogens is 290 g/mol. The first-order valence-corrected chi connectivity index (χ1v) is 6.97. The number of anilines is 1. The normalized spacial score (nSPS) is 10.7. The molecule has 0 spiro atoms. The number of rotatable bonds is 4. The summed E-state index contributed by atoms with van der Waals surface area (Å²) in [7, 11) is 0. The van der Waals surface area contributed by atoms with Crippen LogP contribution in [0.15, 0.2) is 41.2 Å². The SMILES string of the molecule is CC(C)c1nc(Cl)cc(=O)n1CC(=O)Nc1ccccc1. The van der Waals surface area contributed by atoms with Gasteiger partial charge in [0, 0.05) is 17.7 Å². The number of para-hydroxylation sites is 1. The van der Waals surface area contributed by atoms with E-state index in [9.17, 15) is 9.59 Å². The number of nitrogens with zero attached hydrogens (tertiary/aromatic N) is 2. The first kappa shape index (κ1) is 15.3. The number of aromatic nitrogens is 2. The van der Waals surface area contributed by atoms with Gasteiger partial charge in [0.2, 0.25) is 5.91 Å². The van der Waals surface area contributed by atoms with Crippen molar-refractivity contribution in [3.63, 3.8) is 0 Å². The Kier molecular flexibility index (Phi) is 4.75. The van der Waals surface area contributed by atoms with Gasteiger partial charge in [-0.25, -0.2) is 4.98 Å². The van der Waals surface area contributed by atoms with Crippen LogP contribution >= 0.6 is 11.6 Å². The maximum atomic E-state index is 12.1. The van der Waals surface area contributed by atoms with Crippen molar-refractivity contribution in [1.82, 2.24) is 9.55 Å². The molecule has 1 N–H and O–H groups in total. The van der Waals surface area contributed by atoms with Crippen molar-refractivity contribution in [3.8, 4) is 0 Å². The molecule has 0 saturated heterocycles. The number of amides is 1. The second-order valence-electron chi connectivity index (χ2n) is 4.93. The maximum Gasteiger partial charge on any atom is 0.255 e.